The molecule has 0 aliphatic heterocycles. The van der Waals surface area contributed by atoms with E-state index in [9.17, 15) is 33.0 Å². The number of aliphatic hydroxyl groups is 2. The van der Waals surface area contributed by atoms with Crippen LogP contribution >= 0.6 is 0 Å². The largest absolute Gasteiger partial charge is 0.464 e. The highest BCUT2D eigenvalue weighted by Gasteiger charge is 2.33. The molecule has 2 N–H and O–H groups in total. The summed E-state index contributed by atoms with van der Waals surface area (Å²) in [6.07, 6.45) is -8.42. The summed E-state index contributed by atoms with van der Waals surface area (Å²) in [6, 6.07) is 2.01. The molecule has 0 spiro atoms. The molecule has 0 aliphatic rings. The summed E-state index contributed by atoms with van der Waals surface area (Å²) in [4.78, 5) is 22.1. The van der Waals surface area contributed by atoms with Crippen LogP contribution in [0.1, 0.15) is 34.5 Å². The fourth-order valence-corrected chi connectivity index (χ4v) is 1.65. The number of esters is 1. The average molecular weight is 306 g/mol. The van der Waals surface area contributed by atoms with Crippen molar-refractivity contribution in [3.05, 3.63) is 34.9 Å². The van der Waals surface area contributed by atoms with Crippen LogP contribution < -0.4 is 0 Å². The highest BCUT2D eigenvalue weighted by atomic mass is 19.4. The zero-order valence-corrected chi connectivity index (χ0v) is 10.9. The second-order valence-corrected chi connectivity index (χ2v) is 4.10. The van der Waals surface area contributed by atoms with E-state index in [1.165, 1.54) is 6.92 Å². The molecule has 21 heavy (non-hydrogen) atoms. The molecule has 1 aromatic carbocycles. The highest BCUT2D eigenvalue weighted by Crippen LogP contribution is 2.32. The molecule has 0 radical (unpaired) electrons. The van der Waals surface area contributed by atoms with Crippen LogP contribution in [-0.4, -0.2) is 35.2 Å². The van der Waals surface area contributed by atoms with Crippen LogP contribution in [0.25, 0.3) is 0 Å². The number of carbonyl (C=O) groups is 2. The molecule has 2 atom stereocenters. The fraction of sp³-hybridized carbons (Fsp3) is 0.385. The Labute approximate surface area is 118 Å². The van der Waals surface area contributed by atoms with E-state index in [0.717, 1.165) is 6.07 Å². The van der Waals surface area contributed by atoms with Crippen molar-refractivity contribution in [3.8, 4) is 0 Å². The Morgan fingerprint density at radius 1 is 1.38 bits per heavy atom. The van der Waals surface area contributed by atoms with Crippen LogP contribution in [0.2, 0.25) is 0 Å². The molecule has 5 nitrogen and oxygen atoms in total. The maximum absolute atomic E-state index is 12.5. The van der Waals surface area contributed by atoms with Gasteiger partial charge >= 0.3 is 12.1 Å². The van der Waals surface area contributed by atoms with Gasteiger partial charge in [0.15, 0.2) is 6.10 Å². The van der Waals surface area contributed by atoms with E-state index in [1.807, 2.05) is 0 Å². The third kappa shape index (κ3) is 4.02. The lowest BCUT2D eigenvalue weighted by molar-refractivity contribution is -0.159. The standard InChI is InChI=1S/C13H13F3O5/c1-2-21-12(20)11(19)10(18)9-4-3-8(13(14,15)16)5-7(9)6-17/h3-6,10-11,18-19H,2H2,1H3. The molecule has 0 aromatic heterocycles. The minimum atomic E-state index is -4.65. The van der Waals surface area contributed by atoms with Crippen LogP contribution in [0.3, 0.4) is 0 Å². The van der Waals surface area contributed by atoms with E-state index in [1.54, 1.807) is 0 Å². The van der Waals surface area contributed by atoms with Crippen LogP contribution in [-0.2, 0) is 15.7 Å². The zero-order chi connectivity index (χ0) is 16.2. The van der Waals surface area contributed by atoms with Crippen LogP contribution in [0, 0.1) is 0 Å². The lowest BCUT2D eigenvalue weighted by atomic mass is 9.97. The van der Waals surface area contributed by atoms with Crippen molar-refractivity contribution < 1.29 is 37.7 Å². The summed E-state index contributed by atoms with van der Waals surface area (Å²) in [5.41, 5.74) is -1.84. The monoisotopic (exact) mass is 306 g/mol. The maximum Gasteiger partial charge on any atom is 0.416 e. The summed E-state index contributed by atoms with van der Waals surface area (Å²) in [7, 11) is 0. The first-order chi connectivity index (χ1) is 9.72. The van der Waals surface area contributed by atoms with Gasteiger partial charge in [-0.3, -0.25) is 4.79 Å². The summed E-state index contributed by atoms with van der Waals surface area (Å²) >= 11 is 0. The van der Waals surface area contributed by atoms with Crippen LogP contribution in [0.15, 0.2) is 18.2 Å². The molecule has 8 heteroatoms. The van der Waals surface area contributed by atoms with Gasteiger partial charge < -0.3 is 14.9 Å². The first-order valence-electron chi connectivity index (χ1n) is 5.91. The third-order valence-corrected chi connectivity index (χ3v) is 2.69. The summed E-state index contributed by atoms with van der Waals surface area (Å²) in [5, 5.41) is 19.4. The predicted molar refractivity (Wildman–Crippen MR) is 64.4 cm³/mol. The van der Waals surface area contributed by atoms with E-state index in [4.69, 9.17) is 0 Å². The quantitative estimate of drug-likeness (QED) is 0.636. The maximum atomic E-state index is 12.5. The number of hydrogen-bond donors (Lipinski definition) is 2. The fourth-order valence-electron chi connectivity index (χ4n) is 1.65. The average Bonchev–Trinajstić information content (AvgIpc) is 2.44. The number of aliphatic hydroxyl groups excluding tert-OH is 2. The van der Waals surface area contributed by atoms with Crippen molar-refractivity contribution in [2.24, 2.45) is 0 Å². The number of aldehydes is 1. The third-order valence-electron chi connectivity index (χ3n) is 2.69. The van der Waals surface area contributed by atoms with E-state index < -0.39 is 35.5 Å². The van der Waals surface area contributed by atoms with Gasteiger partial charge in [-0.2, -0.15) is 13.2 Å². The molecule has 0 saturated heterocycles. The Morgan fingerprint density at radius 2 is 2.00 bits per heavy atom. The molecule has 0 bridgehead atoms. The van der Waals surface area contributed by atoms with E-state index in [0.29, 0.717) is 12.1 Å². The van der Waals surface area contributed by atoms with E-state index >= 15 is 0 Å². The summed E-state index contributed by atoms with van der Waals surface area (Å²) < 4.78 is 42.0. The second kappa shape index (κ2) is 6.68. The van der Waals surface area contributed by atoms with Crippen molar-refractivity contribution in [2.75, 3.05) is 6.61 Å². The summed E-state index contributed by atoms with van der Waals surface area (Å²) in [6.45, 7) is 1.43. The molecule has 1 aromatic rings. The van der Waals surface area contributed by atoms with Gasteiger partial charge in [-0.25, -0.2) is 4.79 Å². The van der Waals surface area contributed by atoms with Crippen molar-refractivity contribution in [1.82, 2.24) is 0 Å². The minimum Gasteiger partial charge on any atom is -0.464 e. The molecule has 0 amide bonds. The number of hydrogen-bond acceptors (Lipinski definition) is 5. The summed E-state index contributed by atoms with van der Waals surface area (Å²) in [5.74, 6) is -1.14. The van der Waals surface area contributed by atoms with Crippen molar-refractivity contribution in [1.29, 1.82) is 0 Å². The molecule has 116 valence electrons. The van der Waals surface area contributed by atoms with Crippen molar-refractivity contribution in [2.45, 2.75) is 25.3 Å². The second-order valence-electron chi connectivity index (χ2n) is 4.10. The zero-order valence-electron chi connectivity index (χ0n) is 10.9. The Hall–Kier alpha value is -1.93. The van der Waals surface area contributed by atoms with E-state index in [-0.39, 0.29) is 18.5 Å². The van der Waals surface area contributed by atoms with E-state index in [2.05, 4.69) is 4.74 Å². The molecular formula is C13H13F3O5. The number of carbonyl (C=O) groups excluding carboxylic acids is 2. The number of alkyl halides is 3. The lowest BCUT2D eigenvalue weighted by Gasteiger charge is -2.19. The molecular weight excluding hydrogens is 293 g/mol. The van der Waals surface area contributed by atoms with Gasteiger partial charge in [-0.15, -0.1) is 0 Å². The topological polar surface area (TPSA) is 83.8 Å². The minimum absolute atomic E-state index is 0.0455. The first kappa shape index (κ1) is 17.1. The Morgan fingerprint density at radius 3 is 2.48 bits per heavy atom. The van der Waals surface area contributed by atoms with Crippen molar-refractivity contribution in [3.63, 3.8) is 0 Å². The SMILES string of the molecule is CCOC(=O)C(O)C(O)c1ccc(C(F)(F)F)cc1C=O. The lowest BCUT2D eigenvalue weighted by Crippen LogP contribution is -2.30. The molecule has 0 saturated carbocycles. The van der Waals surface area contributed by atoms with Crippen LogP contribution in [0.5, 0.6) is 0 Å². The van der Waals surface area contributed by atoms with Gasteiger partial charge in [0.05, 0.1) is 12.2 Å². The molecule has 0 aliphatic carbocycles. The molecule has 0 heterocycles. The van der Waals surface area contributed by atoms with Gasteiger partial charge in [-0.1, -0.05) is 6.07 Å². The molecule has 1 rings (SSSR count). The van der Waals surface area contributed by atoms with Gasteiger partial charge in [0.1, 0.15) is 12.4 Å². The van der Waals surface area contributed by atoms with Crippen LogP contribution in [0.4, 0.5) is 13.2 Å². The van der Waals surface area contributed by atoms with Gasteiger partial charge in [0, 0.05) is 5.56 Å². The number of benzene rings is 1. The first-order valence-corrected chi connectivity index (χ1v) is 5.91. The number of rotatable bonds is 5. The number of halogens is 3. The predicted octanol–water partition coefficient (Wildman–Crippen LogP) is 1.48. The Bertz CT molecular complexity index is 527. The molecule has 2 unspecified atom stereocenters. The van der Waals surface area contributed by atoms with Crippen molar-refractivity contribution >= 4 is 12.3 Å². The molecule has 0 fully saturated rings. The van der Waals surface area contributed by atoms with Gasteiger partial charge in [0.2, 0.25) is 0 Å². The highest BCUT2D eigenvalue weighted by molar-refractivity contribution is 5.80. The number of ether oxygens (including phenoxy) is 1. The van der Waals surface area contributed by atoms with Gasteiger partial charge in [0.25, 0.3) is 0 Å². The Balaban J connectivity index is 3.13. The Kier molecular flexibility index (Phi) is 5.45. The van der Waals surface area contributed by atoms with Gasteiger partial charge in [-0.05, 0) is 24.6 Å². The smallest absolute Gasteiger partial charge is 0.416 e. The normalized spacial score (nSPS) is 14.4.